The third kappa shape index (κ3) is 3.29. The van der Waals surface area contributed by atoms with Gasteiger partial charge in [-0.25, -0.2) is 0 Å². The molecule has 1 heterocycles. The summed E-state index contributed by atoms with van der Waals surface area (Å²) in [4.78, 5) is 4.43. The Morgan fingerprint density at radius 3 is 2.52 bits per heavy atom. The van der Waals surface area contributed by atoms with E-state index in [0.29, 0.717) is 6.04 Å². The highest BCUT2D eigenvalue weighted by molar-refractivity contribution is 5.85. The molecular formula is C19H20N2. The number of aromatic nitrogens is 1. The molecule has 0 aliphatic heterocycles. The van der Waals surface area contributed by atoms with E-state index < -0.39 is 0 Å². The fraction of sp³-hybridized carbons (Fsp3) is 0.211. The summed E-state index contributed by atoms with van der Waals surface area (Å²) in [6.07, 6.45) is 3.81. The Hall–Kier alpha value is -2.19. The Labute approximate surface area is 125 Å². The number of hydrogen-bond donors (Lipinski definition) is 1. The minimum absolute atomic E-state index is 0.394. The zero-order valence-corrected chi connectivity index (χ0v) is 12.3. The van der Waals surface area contributed by atoms with Crippen molar-refractivity contribution >= 4 is 10.8 Å². The van der Waals surface area contributed by atoms with Crippen LogP contribution in [0.25, 0.3) is 10.8 Å². The summed E-state index contributed by atoms with van der Waals surface area (Å²) < 4.78 is 0. The molecule has 3 aromatic rings. The highest BCUT2D eigenvalue weighted by Crippen LogP contribution is 2.20. The van der Waals surface area contributed by atoms with Crippen LogP contribution < -0.4 is 5.32 Å². The fourth-order valence-corrected chi connectivity index (χ4v) is 2.78. The molecule has 0 fully saturated rings. The summed E-state index contributed by atoms with van der Waals surface area (Å²) in [5, 5.41) is 6.08. The summed E-state index contributed by atoms with van der Waals surface area (Å²) >= 11 is 0. The maximum absolute atomic E-state index is 4.43. The molecule has 0 aliphatic rings. The van der Waals surface area contributed by atoms with E-state index in [1.807, 2.05) is 25.4 Å². The molecule has 0 saturated carbocycles. The van der Waals surface area contributed by atoms with Crippen LogP contribution in [-0.2, 0) is 12.8 Å². The largest absolute Gasteiger partial charge is 0.316 e. The molecule has 21 heavy (non-hydrogen) atoms. The second-order valence-corrected chi connectivity index (χ2v) is 5.35. The van der Waals surface area contributed by atoms with E-state index in [4.69, 9.17) is 0 Å². The van der Waals surface area contributed by atoms with Crippen molar-refractivity contribution in [3.63, 3.8) is 0 Å². The average molecular weight is 276 g/mol. The van der Waals surface area contributed by atoms with Crippen LogP contribution in [0.2, 0.25) is 0 Å². The van der Waals surface area contributed by atoms with E-state index in [9.17, 15) is 0 Å². The number of fused-ring (bicyclic) bond motifs is 1. The molecule has 0 amide bonds. The molecule has 0 spiro atoms. The molecule has 2 aromatic carbocycles. The second kappa shape index (κ2) is 6.51. The Morgan fingerprint density at radius 1 is 0.905 bits per heavy atom. The first-order chi connectivity index (χ1) is 10.4. The maximum Gasteiger partial charge on any atom is 0.0419 e. The van der Waals surface area contributed by atoms with Crippen molar-refractivity contribution in [2.45, 2.75) is 18.9 Å². The number of benzene rings is 2. The Morgan fingerprint density at radius 2 is 1.71 bits per heavy atom. The lowest BCUT2D eigenvalue weighted by atomic mass is 9.96. The first-order valence-corrected chi connectivity index (χ1v) is 7.40. The van der Waals surface area contributed by atoms with Crippen LogP contribution in [0.3, 0.4) is 0 Å². The standard InChI is InChI=1S/C19H20N2/c1-20-18(14-17-10-4-5-12-21-17)13-16-9-6-8-15-7-2-3-11-19(15)16/h2-12,18,20H,13-14H2,1H3. The lowest BCUT2D eigenvalue weighted by Gasteiger charge is -2.17. The average Bonchev–Trinajstić information content (AvgIpc) is 2.55. The summed E-state index contributed by atoms with van der Waals surface area (Å²) in [6.45, 7) is 0. The van der Waals surface area contributed by atoms with Gasteiger partial charge in [0.1, 0.15) is 0 Å². The molecular weight excluding hydrogens is 256 g/mol. The molecule has 0 radical (unpaired) electrons. The van der Waals surface area contributed by atoms with Crippen LogP contribution in [0.1, 0.15) is 11.3 Å². The quantitative estimate of drug-likeness (QED) is 0.770. The van der Waals surface area contributed by atoms with Gasteiger partial charge in [-0.15, -0.1) is 0 Å². The van der Waals surface area contributed by atoms with Crippen molar-refractivity contribution in [3.05, 3.63) is 78.1 Å². The summed E-state index contributed by atoms with van der Waals surface area (Å²) in [5.74, 6) is 0. The molecule has 2 heteroatoms. The van der Waals surface area contributed by atoms with Crippen LogP contribution in [0.15, 0.2) is 66.9 Å². The van der Waals surface area contributed by atoms with Gasteiger partial charge in [-0.3, -0.25) is 4.98 Å². The van der Waals surface area contributed by atoms with Crippen LogP contribution in [0.5, 0.6) is 0 Å². The van der Waals surface area contributed by atoms with E-state index >= 15 is 0 Å². The zero-order chi connectivity index (χ0) is 14.5. The number of likely N-dealkylation sites (N-methyl/N-ethyl adjacent to an activating group) is 1. The second-order valence-electron chi connectivity index (χ2n) is 5.35. The predicted molar refractivity (Wildman–Crippen MR) is 88.4 cm³/mol. The molecule has 0 bridgehead atoms. The van der Waals surface area contributed by atoms with Gasteiger partial charge in [-0.2, -0.15) is 0 Å². The Kier molecular flexibility index (Phi) is 4.27. The number of rotatable bonds is 5. The maximum atomic E-state index is 4.43. The Bertz CT molecular complexity index is 702. The van der Waals surface area contributed by atoms with Gasteiger partial charge in [0.15, 0.2) is 0 Å². The van der Waals surface area contributed by atoms with Gasteiger partial charge in [0.2, 0.25) is 0 Å². The van der Waals surface area contributed by atoms with Crippen LogP contribution in [0, 0.1) is 0 Å². The minimum Gasteiger partial charge on any atom is -0.316 e. The normalized spacial score (nSPS) is 12.4. The van der Waals surface area contributed by atoms with Gasteiger partial charge in [0.25, 0.3) is 0 Å². The smallest absolute Gasteiger partial charge is 0.0419 e. The van der Waals surface area contributed by atoms with Crippen molar-refractivity contribution < 1.29 is 0 Å². The molecule has 3 rings (SSSR count). The van der Waals surface area contributed by atoms with Gasteiger partial charge in [-0.1, -0.05) is 48.5 Å². The van der Waals surface area contributed by atoms with E-state index in [0.717, 1.165) is 18.5 Å². The number of nitrogens with one attached hydrogen (secondary N) is 1. The third-order valence-electron chi connectivity index (χ3n) is 3.94. The molecule has 106 valence electrons. The number of nitrogens with zero attached hydrogens (tertiary/aromatic N) is 1. The molecule has 0 aliphatic carbocycles. The van der Waals surface area contributed by atoms with Crippen LogP contribution >= 0.6 is 0 Å². The van der Waals surface area contributed by atoms with Crippen LogP contribution in [-0.4, -0.2) is 18.1 Å². The highest BCUT2D eigenvalue weighted by Gasteiger charge is 2.11. The molecule has 1 atom stereocenters. The molecule has 1 aromatic heterocycles. The number of hydrogen-bond acceptors (Lipinski definition) is 2. The summed E-state index contributed by atoms with van der Waals surface area (Å²) in [6, 6.07) is 21.6. The van der Waals surface area contributed by atoms with Crippen molar-refractivity contribution in [1.82, 2.24) is 10.3 Å². The molecule has 1 unspecified atom stereocenters. The Balaban J connectivity index is 1.82. The van der Waals surface area contributed by atoms with Gasteiger partial charge < -0.3 is 5.32 Å². The van der Waals surface area contributed by atoms with Gasteiger partial charge in [-0.05, 0) is 41.9 Å². The molecule has 1 N–H and O–H groups in total. The van der Waals surface area contributed by atoms with Crippen molar-refractivity contribution in [2.75, 3.05) is 7.05 Å². The minimum atomic E-state index is 0.394. The van der Waals surface area contributed by atoms with Crippen molar-refractivity contribution in [3.8, 4) is 0 Å². The lowest BCUT2D eigenvalue weighted by Crippen LogP contribution is -2.30. The van der Waals surface area contributed by atoms with E-state index in [-0.39, 0.29) is 0 Å². The van der Waals surface area contributed by atoms with E-state index in [1.165, 1.54) is 16.3 Å². The predicted octanol–water partition coefficient (Wildman–Crippen LogP) is 3.61. The van der Waals surface area contributed by atoms with Gasteiger partial charge in [0, 0.05) is 24.4 Å². The van der Waals surface area contributed by atoms with E-state index in [2.05, 4.69) is 58.8 Å². The first kappa shape index (κ1) is 13.8. The van der Waals surface area contributed by atoms with Crippen molar-refractivity contribution in [2.24, 2.45) is 0 Å². The molecule has 0 saturated heterocycles. The molecule has 2 nitrogen and oxygen atoms in total. The fourth-order valence-electron chi connectivity index (χ4n) is 2.78. The zero-order valence-electron chi connectivity index (χ0n) is 12.3. The summed E-state index contributed by atoms with van der Waals surface area (Å²) in [5.41, 5.74) is 2.53. The van der Waals surface area contributed by atoms with Gasteiger partial charge >= 0.3 is 0 Å². The van der Waals surface area contributed by atoms with Crippen molar-refractivity contribution in [1.29, 1.82) is 0 Å². The monoisotopic (exact) mass is 276 g/mol. The highest BCUT2D eigenvalue weighted by atomic mass is 14.9. The van der Waals surface area contributed by atoms with E-state index in [1.54, 1.807) is 0 Å². The lowest BCUT2D eigenvalue weighted by molar-refractivity contribution is 0.552. The summed E-state index contributed by atoms with van der Waals surface area (Å²) in [7, 11) is 2.03. The topological polar surface area (TPSA) is 24.9 Å². The van der Waals surface area contributed by atoms with Crippen LogP contribution in [0.4, 0.5) is 0 Å². The first-order valence-electron chi connectivity index (χ1n) is 7.40. The third-order valence-corrected chi connectivity index (χ3v) is 3.94. The number of pyridine rings is 1. The van der Waals surface area contributed by atoms with Gasteiger partial charge in [0.05, 0.1) is 0 Å². The SMILES string of the molecule is CNC(Cc1ccccn1)Cc1cccc2ccccc12.